The number of hydrogen-bond acceptors (Lipinski definition) is 2. The van der Waals surface area contributed by atoms with E-state index in [9.17, 15) is 0 Å². The Balaban J connectivity index is 2.14. The number of benzene rings is 1. The molecule has 0 radical (unpaired) electrons. The molecular formula is C13H18BClN2. The summed E-state index contributed by atoms with van der Waals surface area (Å²) >= 11 is 6.64. The van der Waals surface area contributed by atoms with Crippen molar-refractivity contribution in [3.8, 4) is 0 Å². The van der Waals surface area contributed by atoms with E-state index in [0.29, 0.717) is 0 Å². The molecule has 0 unspecified atom stereocenters. The van der Waals surface area contributed by atoms with Crippen LogP contribution < -0.4 is 10.1 Å². The quantitative estimate of drug-likeness (QED) is 0.697. The monoisotopic (exact) mass is 248 g/mol. The number of hydrogen-bond donors (Lipinski definition) is 1. The molecule has 1 aromatic carbocycles. The summed E-state index contributed by atoms with van der Waals surface area (Å²) in [5, 5.41) is 4.47. The zero-order chi connectivity index (χ0) is 11.8. The molecule has 0 amide bonds. The Kier molecular flexibility index (Phi) is 3.05. The Hall–Kier alpha value is -0.665. The van der Waals surface area contributed by atoms with E-state index in [-0.39, 0.29) is 0 Å². The predicted octanol–water partition coefficient (Wildman–Crippen LogP) is 1.33. The fraction of sp³-hybridized carbons (Fsp3) is 0.538. The molecule has 0 aliphatic carbocycles. The number of rotatable bonds is 0. The van der Waals surface area contributed by atoms with E-state index in [2.05, 4.69) is 24.2 Å². The van der Waals surface area contributed by atoms with E-state index >= 15 is 0 Å². The van der Waals surface area contributed by atoms with Crippen LogP contribution in [0.1, 0.15) is 23.1 Å². The SMILES string of the molecule is BN1CCCc2cc3c(c(Cl)c21)CCNCC3. The first-order chi connectivity index (χ1) is 8.27. The third-order valence-electron chi connectivity index (χ3n) is 3.96. The van der Waals surface area contributed by atoms with Crippen molar-refractivity contribution in [1.82, 2.24) is 5.32 Å². The van der Waals surface area contributed by atoms with Crippen molar-refractivity contribution in [2.45, 2.75) is 25.7 Å². The minimum atomic E-state index is 1.02. The lowest BCUT2D eigenvalue weighted by molar-refractivity contribution is 0.711. The van der Waals surface area contributed by atoms with E-state index in [1.54, 1.807) is 0 Å². The highest BCUT2D eigenvalue weighted by atomic mass is 35.5. The van der Waals surface area contributed by atoms with Crippen LogP contribution in [0.4, 0.5) is 5.69 Å². The van der Waals surface area contributed by atoms with Gasteiger partial charge in [0.1, 0.15) is 0 Å². The fourth-order valence-electron chi connectivity index (χ4n) is 3.07. The summed E-state index contributed by atoms with van der Waals surface area (Å²) in [6.07, 6.45) is 4.61. The number of nitrogens with one attached hydrogen (secondary N) is 1. The highest BCUT2D eigenvalue weighted by Crippen LogP contribution is 2.38. The van der Waals surface area contributed by atoms with Crippen molar-refractivity contribution in [3.05, 3.63) is 27.8 Å². The van der Waals surface area contributed by atoms with Gasteiger partial charge in [-0.15, -0.1) is 0 Å². The third-order valence-corrected chi connectivity index (χ3v) is 4.36. The maximum absolute atomic E-state index is 6.64. The number of fused-ring (bicyclic) bond motifs is 2. The van der Waals surface area contributed by atoms with Gasteiger partial charge in [-0.1, -0.05) is 17.7 Å². The first-order valence-electron chi connectivity index (χ1n) is 6.52. The molecule has 0 spiro atoms. The van der Waals surface area contributed by atoms with Crippen LogP contribution in [0, 0.1) is 0 Å². The highest BCUT2D eigenvalue weighted by Gasteiger charge is 2.22. The standard InChI is InChI=1S/C13H18BClN2/c14-17-7-1-2-10-8-9-3-5-16-6-4-11(9)12(15)13(10)17/h8,16H,1-7,14H2. The van der Waals surface area contributed by atoms with Gasteiger partial charge < -0.3 is 10.1 Å². The molecule has 0 fully saturated rings. The lowest BCUT2D eigenvalue weighted by Gasteiger charge is -2.31. The van der Waals surface area contributed by atoms with Gasteiger partial charge in [0, 0.05) is 12.2 Å². The second-order valence-electron chi connectivity index (χ2n) is 5.11. The average molecular weight is 249 g/mol. The molecule has 0 atom stereocenters. The number of halogens is 1. The Morgan fingerprint density at radius 2 is 2.00 bits per heavy atom. The van der Waals surface area contributed by atoms with Crippen molar-refractivity contribution in [2.75, 3.05) is 24.4 Å². The van der Waals surface area contributed by atoms with Crippen LogP contribution in [0.3, 0.4) is 0 Å². The maximum atomic E-state index is 6.64. The second-order valence-corrected chi connectivity index (χ2v) is 5.49. The predicted molar refractivity (Wildman–Crippen MR) is 75.9 cm³/mol. The van der Waals surface area contributed by atoms with Gasteiger partial charge in [-0.2, -0.15) is 0 Å². The van der Waals surface area contributed by atoms with Gasteiger partial charge in [-0.3, -0.25) is 0 Å². The Morgan fingerprint density at radius 1 is 1.18 bits per heavy atom. The third kappa shape index (κ3) is 1.96. The maximum Gasteiger partial charge on any atom is 0.217 e. The molecule has 0 aromatic heterocycles. The Morgan fingerprint density at radius 3 is 2.88 bits per heavy atom. The first kappa shape index (κ1) is 11.4. The molecule has 3 rings (SSSR count). The van der Waals surface area contributed by atoms with Gasteiger partial charge in [0.15, 0.2) is 0 Å². The Labute approximate surface area is 109 Å². The summed E-state index contributed by atoms with van der Waals surface area (Å²) in [6.45, 7) is 3.26. The number of aryl methyl sites for hydroxylation is 1. The summed E-state index contributed by atoms with van der Waals surface area (Å²) in [5.41, 5.74) is 5.58. The Bertz CT molecular complexity index is 448. The van der Waals surface area contributed by atoms with E-state index in [1.807, 2.05) is 0 Å². The summed E-state index contributed by atoms with van der Waals surface area (Å²) < 4.78 is 0. The van der Waals surface area contributed by atoms with Crippen LogP contribution in [0.15, 0.2) is 6.07 Å². The number of anilines is 1. The fourth-order valence-corrected chi connectivity index (χ4v) is 3.55. The van der Waals surface area contributed by atoms with Crippen molar-refractivity contribution >= 4 is 25.3 Å². The summed E-state index contributed by atoms with van der Waals surface area (Å²) in [6, 6.07) is 2.40. The van der Waals surface area contributed by atoms with Crippen LogP contribution in [0.5, 0.6) is 0 Å². The molecule has 17 heavy (non-hydrogen) atoms. The highest BCUT2D eigenvalue weighted by molar-refractivity contribution is 6.36. The van der Waals surface area contributed by atoms with Crippen molar-refractivity contribution in [3.63, 3.8) is 0 Å². The van der Waals surface area contributed by atoms with Gasteiger partial charge in [-0.05, 0) is 55.5 Å². The molecule has 0 saturated heterocycles. The van der Waals surface area contributed by atoms with E-state index in [0.717, 1.165) is 37.5 Å². The molecule has 0 saturated carbocycles. The summed E-state index contributed by atoms with van der Waals surface area (Å²) in [4.78, 5) is 2.32. The van der Waals surface area contributed by atoms with Crippen LogP contribution in [-0.4, -0.2) is 27.6 Å². The van der Waals surface area contributed by atoms with Crippen molar-refractivity contribution in [2.24, 2.45) is 0 Å². The lowest BCUT2D eigenvalue weighted by atomic mass is 9.92. The van der Waals surface area contributed by atoms with E-state index in [4.69, 9.17) is 11.6 Å². The average Bonchev–Trinajstić information content (AvgIpc) is 2.54. The van der Waals surface area contributed by atoms with Crippen LogP contribution in [0.25, 0.3) is 0 Å². The van der Waals surface area contributed by atoms with E-state index in [1.165, 1.54) is 35.2 Å². The molecule has 1 aromatic rings. The molecule has 2 aliphatic heterocycles. The van der Waals surface area contributed by atoms with Gasteiger partial charge in [0.05, 0.1) is 5.02 Å². The van der Waals surface area contributed by atoms with Gasteiger partial charge in [0.2, 0.25) is 7.98 Å². The second kappa shape index (κ2) is 4.54. The molecule has 2 heterocycles. The molecular weight excluding hydrogens is 230 g/mol. The van der Waals surface area contributed by atoms with Gasteiger partial charge in [-0.25, -0.2) is 0 Å². The topological polar surface area (TPSA) is 15.3 Å². The van der Waals surface area contributed by atoms with Crippen LogP contribution in [0.2, 0.25) is 5.02 Å². The largest absolute Gasteiger partial charge is 0.420 e. The molecule has 2 nitrogen and oxygen atoms in total. The smallest absolute Gasteiger partial charge is 0.217 e. The minimum Gasteiger partial charge on any atom is -0.420 e. The molecule has 2 aliphatic rings. The van der Waals surface area contributed by atoms with Crippen molar-refractivity contribution in [1.29, 1.82) is 0 Å². The normalized spacial score (nSPS) is 19.5. The summed E-state index contributed by atoms with van der Waals surface area (Å²) in [5.74, 6) is 0. The molecule has 1 N–H and O–H groups in total. The van der Waals surface area contributed by atoms with E-state index < -0.39 is 0 Å². The molecule has 4 heteroatoms. The number of nitrogens with zero attached hydrogens (tertiary/aromatic N) is 1. The van der Waals surface area contributed by atoms with Crippen molar-refractivity contribution < 1.29 is 0 Å². The molecule has 0 bridgehead atoms. The zero-order valence-electron chi connectivity index (χ0n) is 10.4. The first-order valence-corrected chi connectivity index (χ1v) is 6.90. The molecule has 90 valence electrons. The minimum absolute atomic E-state index is 1.02. The zero-order valence-corrected chi connectivity index (χ0v) is 11.1. The van der Waals surface area contributed by atoms with Crippen LogP contribution in [-0.2, 0) is 19.3 Å². The summed E-state index contributed by atoms with van der Waals surface area (Å²) in [7, 11) is 2.16. The lowest BCUT2D eigenvalue weighted by Crippen LogP contribution is -2.27. The van der Waals surface area contributed by atoms with Gasteiger partial charge in [0.25, 0.3) is 0 Å². The van der Waals surface area contributed by atoms with Crippen LogP contribution >= 0.6 is 11.6 Å². The van der Waals surface area contributed by atoms with Gasteiger partial charge >= 0.3 is 0 Å².